The zero-order chi connectivity index (χ0) is 26.7. The van der Waals surface area contributed by atoms with Gasteiger partial charge in [0.15, 0.2) is 0 Å². The van der Waals surface area contributed by atoms with Gasteiger partial charge in [-0.15, -0.1) is 0 Å². The Balaban J connectivity index is 1.52. The second-order valence-electron chi connectivity index (χ2n) is 8.52. The van der Waals surface area contributed by atoms with Crippen LogP contribution in [0.2, 0.25) is 5.02 Å². The van der Waals surface area contributed by atoms with E-state index in [-0.39, 0.29) is 29.0 Å². The Morgan fingerprint density at radius 1 is 1.05 bits per heavy atom. The molecule has 1 saturated heterocycles. The van der Waals surface area contributed by atoms with E-state index in [4.69, 9.17) is 11.6 Å². The molecule has 0 radical (unpaired) electrons. The van der Waals surface area contributed by atoms with Crippen molar-refractivity contribution in [1.29, 1.82) is 0 Å². The van der Waals surface area contributed by atoms with Gasteiger partial charge in [0.1, 0.15) is 17.7 Å². The Bertz CT molecular complexity index is 1450. The average Bonchev–Trinajstić information content (AvgIpc) is 2.82. The van der Waals surface area contributed by atoms with Gasteiger partial charge in [0, 0.05) is 22.8 Å². The van der Waals surface area contributed by atoms with Crippen molar-refractivity contribution in [3.63, 3.8) is 0 Å². The van der Waals surface area contributed by atoms with E-state index >= 15 is 4.39 Å². The van der Waals surface area contributed by atoms with E-state index in [9.17, 15) is 22.4 Å². The molecule has 1 atom stereocenters. The van der Waals surface area contributed by atoms with Gasteiger partial charge in [-0.3, -0.25) is 9.52 Å². The smallest absolute Gasteiger partial charge is 0.319 e. The largest absolute Gasteiger partial charge is 0.326 e. The van der Waals surface area contributed by atoms with E-state index < -0.39 is 39.6 Å². The molecular weight excluding hydrogens is 526 g/mol. The van der Waals surface area contributed by atoms with Crippen LogP contribution in [0.15, 0.2) is 60.7 Å². The minimum atomic E-state index is -3.67. The van der Waals surface area contributed by atoms with Crippen molar-refractivity contribution in [3.8, 4) is 11.1 Å². The minimum absolute atomic E-state index is 0.00705. The number of carbonyl (C=O) groups is 2. The van der Waals surface area contributed by atoms with Crippen molar-refractivity contribution >= 4 is 50.6 Å². The number of amides is 3. The molecule has 0 aromatic heterocycles. The van der Waals surface area contributed by atoms with Crippen molar-refractivity contribution in [1.82, 2.24) is 5.32 Å². The molecule has 194 valence electrons. The molecule has 0 bridgehead atoms. The summed E-state index contributed by atoms with van der Waals surface area (Å²) in [6.45, 7) is 0.243. The molecular formula is C25H23ClF2N4O4S. The molecule has 0 spiro atoms. The first-order valence-electron chi connectivity index (χ1n) is 11.2. The summed E-state index contributed by atoms with van der Waals surface area (Å²) in [6, 6.07) is 12.4. The van der Waals surface area contributed by atoms with Gasteiger partial charge in [0.25, 0.3) is 0 Å². The van der Waals surface area contributed by atoms with Gasteiger partial charge in [0.05, 0.1) is 17.6 Å². The first-order valence-corrected chi connectivity index (χ1v) is 13.5. The van der Waals surface area contributed by atoms with E-state index in [1.165, 1.54) is 23.1 Å². The van der Waals surface area contributed by atoms with Crippen molar-refractivity contribution in [2.75, 3.05) is 27.7 Å². The number of rotatable bonds is 6. The molecule has 0 saturated carbocycles. The van der Waals surface area contributed by atoms with E-state index in [0.29, 0.717) is 23.6 Å². The van der Waals surface area contributed by atoms with E-state index in [2.05, 4.69) is 15.4 Å². The molecule has 3 N–H and O–H groups in total. The molecule has 1 heterocycles. The third-order valence-corrected chi connectivity index (χ3v) is 6.52. The minimum Gasteiger partial charge on any atom is -0.326 e. The molecule has 1 unspecified atom stereocenters. The molecule has 3 aromatic carbocycles. The Labute approximate surface area is 217 Å². The summed E-state index contributed by atoms with van der Waals surface area (Å²) in [7, 11) is -3.67. The highest BCUT2D eigenvalue weighted by molar-refractivity contribution is 7.92. The van der Waals surface area contributed by atoms with Crippen LogP contribution in [0.25, 0.3) is 11.1 Å². The molecule has 37 heavy (non-hydrogen) atoms. The van der Waals surface area contributed by atoms with Crippen molar-refractivity contribution < 1.29 is 26.8 Å². The normalized spacial score (nSPS) is 15.8. The monoisotopic (exact) mass is 548 g/mol. The lowest BCUT2D eigenvalue weighted by Gasteiger charge is -2.33. The highest BCUT2D eigenvalue weighted by Crippen LogP contribution is 2.33. The highest BCUT2D eigenvalue weighted by Gasteiger charge is 2.32. The van der Waals surface area contributed by atoms with Gasteiger partial charge in [-0.05, 0) is 73.0 Å². The number of carbonyl (C=O) groups excluding carboxylic acids is 2. The number of sulfonamides is 1. The van der Waals surface area contributed by atoms with Crippen LogP contribution >= 0.6 is 11.6 Å². The standard InChI is InChI=1S/C25H23ClF2N4O4S/c1-37(35,36)31-21-10-7-17(27)14-19(21)15-4-11-23(20(28)13-15)32-12-2-3-22(24(32)33)30-25(34)29-18-8-5-16(26)6-9-18/h4-11,13-14,22,31H,2-3,12H2,1H3,(H2,29,30,34). The average molecular weight is 549 g/mol. The summed E-state index contributed by atoms with van der Waals surface area (Å²) < 4.78 is 54.8. The molecule has 3 amide bonds. The second-order valence-corrected chi connectivity index (χ2v) is 10.7. The third kappa shape index (κ3) is 6.55. The fourth-order valence-corrected chi connectivity index (χ4v) is 4.75. The number of anilines is 3. The van der Waals surface area contributed by atoms with Crippen LogP contribution in [0.1, 0.15) is 12.8 Å². The highest BCUT2D eigenvalue weighted by atomic mass is 35.5. The zero-order valence-electron chi connectivity index (χ0n) is 19.6. The second kappa shape index (κ2) is 10.7. The molecule has 3 aromatic rings. The lowest BCUT2D eigenvalue weighted by Crippen LogP contribution is -2.53. The topological polar surface area (TPSA) is 108 Å². The number of urea groups is 1. The molecule has 1 aliphatic heterocycles. The Kier molecular flexibility index (Phi) is 7.65. The zero-order valence-corrected chi connectivity index (χ0v) is 21.2. The van der Waals surface area contributed by atoms with Crippen LogP contribution in [0.3, 0.4) is 0 Å². The van der Waals surface area contributed by atoms with Crippen LogP contribution in [0.5, 0.6) is 0 Å². The Morgan fingerprint density at radius 3 is 2.46 bits per heavy atom. The lowest BCUT2D eigenvalue weighted by molar-refractivity contribution is -0.121. The van der Waals surface area contributed by atoms with Gasteiger partial charge in [-0.1, -0.05) is 17.7 Å². The van der Waals surface area contributed by atoms with Gasteiger partial charge < -0.3 is 15.5 Å². The molecule has 0 aliphatic carbocycles. The van der Waals surface area contributed by atoms with Crippen LogP contribution in [0.4, 0.5) is 30.6 Å². The van der Waals surface area contributed by atoms with Crippen molar-refractivity contribution in [2.45, 2.75) is 18.9 Å². The third-order valence-electron chi connectivity index (χ3n) is 5.67. The SMILES string of the molecule is CS(=O)(=O)Nc1ccc(F)cc1-c1ccc(N2CCCC(NC(=O)Nc3ccc(Cl)cc3)C2=O)c(F)c1. The van der Waals surface area contributed by atoms with Crippen LogP contribution < -0.4 is 20.3 Å². The van der Waals surface area contributed by atoms with Crippen molar-refractivity contribution in [2.24, 2.45) is 0 Å². The molecule has 4 rings (SSSR count). The van der Waals surface area contributed by atoms with E-state index in [1.807, 2.05) is 0 Å². The molecule has 1 fully saturated rings. The maximum atomic E-state index is 15.2. The van der Waals surface area contributed by atoms with Crippen LogP contribution in [-0.4, -0.2) is 39.2 Å². The summed E-state index contributed by atoms with van der Waals surface area (Å²) in [6.07, 6.45) is 1.85. The maximum absolute atomic E-state index is 15.2. The van der Waals surface area contributed by atoms with Gasteiger partial charge in [-0.25, -0.2) is 22.0 Å². The number of nitrogens with zero attached hydrogens (tertiary/aromatic N) is 1. The Morgan fingerprint density at radius 2 is 1.78 bits per heavy atom. The number of nitrogens with one attached hydrogen (secondary N) is 3. The predicted octanol–water partition coefficient (Wildman–Crippen LogP) is 4.97. The van der Waals surface area contributed by atoms with Gasteiger partial charge in [-0.2, -0.15) is 0 Å². The fourth-order valence-electron chi connectivity index (χ4n) is 4.04. The van der Waals surface area contributed by atoms with Crippen molar-refractivity contribution in [3.05, 3.63) is 77.3 Å². The fraction of sp³-hybridized carbons (Fsp3) is 0.200. The maximum Gasteiger partial charge on any atom is 0.319 e. The van der Waals surface area contributed by atoms with E-state index in [1.54, 1.807) is 24.3 Å². The molecule has 8 nitrogen and oxygen atoms in total. The predicted molar refractivity (Wildman–Crippen MR) is 139 cm³/mol. The Hall–Kier alpha value is -3.70. The summed E-state index contributed by atoms with van der Waals surface area (Å²) in [5.74, 6) is -1.86. The summed E-state index contributed by atoms with van der Waals surface area (Å²) in [5.41, 5.74) is 0.923. The summed E-state index contributed by atoms with van der Waals surface area (Å²) >= 11 is 5.84. The quantitative estimate of drug-likeness (QED) is 0.404. The van der Waals surface area contributed by atoms with Crippen LogP contribution in [-0.2, 0) is 14.8 Å². The van der Waals surface area contributed by atoms with Gasteiger partial charge in [0.2, 0.25) is 15.9 Å². The number of hydrogen-bond donors (Lipinski definition) is 3. The molecule has 1 aliphatic rings. The molecule has 12 heteroatoms. The van der Waals surface area contributed by atoms with Crippen LogP contribution in [0, 0.1) is 11.6 Å². The number of piperidine rings is 1. The number of halogens is 3. The summed E-state index contributed by atoms with van der Waals surface area (Å²) in [4.78, 5) is 26.7. The number of benzene rings is 3. The first kappa shape index (κ1) is 26.4. The lowest BCUT2D eigenvalue weighted by atomic mass is 10.0. The summed E-state index contributed by atoms with van der Waals surface area (Å²) in [5, 5.41) is 5.75. The van der Waals surface area contributed by atoms with Gasteiger partial charge >= 0.3 is 6.03 Å². The first-order chi connectivity index (χ1) is 17.5. The van der Waals surface area contributed by atoms with E-state index in [0.717, 1.165) is 24.5 Å². The number of hydrogen-bond acceptors (Lipinski definition) is 4.